The molecule has 1 aliphatic heterocycles. The molecule has 1 aromatic carbocycles. The van der Waals surface area contributed by atoms with Crippen molar-refractivity contribution in [2.45, 2.75) is 49.8 Å². The van der Waals surface area contributed by atoms with Crippen LogP contribution < -0.4 is 14.2 Å². The molecule has 38 heavy (non-hydrogen) atoms. The van der Waals surface area contributed by atoms with Gasteiger partial charge in [-0.05, 0) is 55.9 Å². The van der Waals surface area contributed by atoms with Crippen molar-refractivity contribution in [3.63, 3.8) is 0 Å². The van der Waals surface area contributed by atoms with Crippen LogP contribution in [-0.2, 0) is 19.7 Å². The molecule has 2 aromatic heterocycles. The first-order valence-electron chi connectivity index (χ1n) is 12.3. The number of ether oxygens (including phenoxy) is 3. The number of rotatable bonds is 7. The number of fused-ring (bicyclic) bond motifs is 3. The highest BCUT2D eigenvalue weighted by Gasteiger charge is 2.44. The topological polar surface area (TPSA) is 163 Å². The van der Waals surface area contributed by atoms with Gasteiger partial charge in [-0.15, -0.1) is 0 Å². The van der Waals surface area contributed by atoms with Crippen molar-refractivity contribution in [3.8, 4) is 17.2 Å². The highest BCUT2D eigenvalue weighted by atomic mass is 32.2. The van der Waals surface area contributed by atoms with Crippen molar-refractivity contribution >= 4 is 45.0 Å². The zero-order valence-corrected chi connectivity index (χ0v) is 20.7. The van der Waals surface area contributed by atoms with Gasteiger partial charge in [0.15, 0.2) is 11.2 Å². The Bertz CT molecular complexity index is 1580. The standard InChI is InChI=1S/C26H22O11S/c27-17(9-4-14-11-12-2-1-3-13(10-12)20(14)28)35-23-21-18(19-22(36-21)24(23)37-26(19)30)25(29)34-15-5-7-16(8-6-15)38(31,32)33/h5-8,12-14H,1-4,9-11H2,(H,31,32,33). The van der Waals surface area contributed by atoms with E-state index in [9.17, 15) is 27.6 Å². The molecular weight excluding hydrogens is 520 g/mol. The zero-order valence-electron chi connectivity index (χ0n) is 19.9. The zero-order chi connectivity index (χ0) is 26.8. The van der Waals surface area contributed by atoms with Crippen LogP contribution >= 0.6 is 0 Å². The third-order valence-electron chi connectivity index (χ3n) is 7.58. The minimum absolute atomic E-state index is 0.0281. The number of esters is 3. The van der Waals surface area contributed by atoms with Crippen molar-refractivity contribution in [1.82, 2.24) is 0 Å². The number of furan rings is 2. The monoisotopic (exact) mass is 542 g/mol. The van der Waals surface area contributed by atoms with Gasteiger partial charge in [-0.25, -0.2) is 9.59 Å². The minimum atomic E-state index is -4.43. The van der Waals surface area contributed by atoms with Gasteiger partial charge >= 0.3 is 17.9 Å². The summed E-state index contributed by atoms with van der Waals surface area (Å²) in [5.74, 6) is -2.28. The lowest BCUT2D eigenvalue weighted by Crippen LogP contribution is -2.36. The molecule has 11 nitrogen and oxygen atoms in total. The highest BCUT2D eigenvalue weighted by Crippen LogP contribution is 2.52. The average Bonchev–Trinajstić information content (AvgIpc) is 3.49. The lowest BCUT2D eigenvalue weighted by atomic mass is 9.66. The molecule has 2 saturated carbocycles. The Hall–Kier alpha value is -3.77. The fourth-order valence-corrected chi connectivity index (χ4v) is 6.33. The first-order chi connectivity index (χ1) is 18.1. The maximum Gasteiger partial charge on any atom is 0.348 e. The first-order valence-corrected chi connectivity index (χ1v) is 13.7. The van der Waals surface area contributed by atoms with E-state index in [-0.39, 0.29) is 63.6 Å². The van der Waals surface area contributed by atoms with Crippen molar-refractivity contribution in [1.29, 1.82) is 0 Å². The van der Waals surface area contributed by atoms with E-state index in [2.05, 4.69) is 0 Å². The number of benzene rings is 2. The normalized spacial score (nSPS) is 22.5. The predicted molar refractivity (Wildman–Crippen MR) is 127 cm³/mol. The van der Waals surface area contributed by atoms with Crippen molar-refractivity contribution in [2.75, 3.05) is 0 Å². The lowest BCUT2D eigenvalue weighted by molar-refractivity contribution is -0.136. The van der Waals surface area contributed by atoms with Crippen LogP contribution in [0.4, 0.5) is 0 Å². The van der Waals surface area contributed by atoms with Crippen LogP contribution in [0.3, 0.4) is 0 Å². The maximum atomic E-state index is 12.9. The molecular formula is C26H22O11S. The van der Waals surface area contributed by atoms with Gasteiger partial charge in [0, 0.05) is 18.3 Å². The summed E-state index contributed by atoms with van der Waals surface area (Å²) in [7, 11) is -4.43. The molecule has 2 aliphatic carbocycles. The summed E-state index contributed by atoms with van der Waals surface area (Å²) in [6.07, 6.45) is 5.13. The van der Waals surface area contributed by atoms with Gasteiger partial charge in [-0.2, -0.15) is 8.42 Å². The molecule has 0 amide bonds. The van der Waals surface area contributed by atoms with Gasteiger partial charge < -0.3 is 18.6 Å². The van der Waals surface area contributed by atoms with Gasteiger partial charge in [-0.1, -0.05) is 12.8 Å². The molecule has 198 valence electrons. The number of Topliss-reactive ketones (excluding diaryl/α,β-unsaturated/α-hetero) is 1. The van der Waals surface area contributed by atoms with E-state index in [1.54, 1.807) is 0 Å². The Morgan fingerprint density at radius 3 is 2.53 bits per heavy atom. The molecule has 3 heterocycles. The van der Waals surface area contributed by atoms with E-state index >= 15 is 0 Å². The average molecular weight is 543 g/mol. The van der Waals surface area contributed by atoms with Crippen LogP contribution in [0.15, 0.2) is 33.6 Å². The van der Waals surface area contributed by atoms with E-state index in [4.69, 9.17) is 23.2 Å². The van der Waals surface area contributed by atoms with Crippen LogP contribution in [0, 0.1) is 17.8 Å². The largest absolute Gasteiger partial charge is 0.447 e. The Morgan fingerprint density at radius 1 is 1.03 bits per heavy atom. The number of hydrogen-bond acceptors (Lipinski definition) is 10. The Balaban J connectivity index is 1.18. The fraction of sp³-hybridized carbons (Fsp3) is 0.385. The molecule has 4 bridgehead atoms. The predicted octanol–water partition coefficient (Wildman–Crippen LogP) is 3.95. The lowest BCUT2D eigenvalue weighted by Gasteiger charge is -2.37. The van der Waals surface area contributed by atoms with Gasteiger partial charge in [0.05, 0.1) is 4.90 Å². The molecule has 12 heteroatoms. The molecule has 0 saturated heterocycles. The summed E-state index contributed by atoms with van der Waals surface area (Å²) in [6.45, 7) is 0. The van der Waals surface area contributed by atoms with E-state index in [1.165, 1.54) is 0 Å². The molecule has 3 aromatic rings. The summed E-state index contributed by atoms with van der Waals surface area (Å²) < 4.78 is 52.9. The van der Waals surface area contributed by atoms with Crippen LogP contribution in [0.2, 0.25) is 0 Å². The fourth-order valence-electron chi connectivity index (χ4n) is 5.85. The number of carbonyl (C=O) groups is 4. The highest BCUT2D eigenvalue weighted by molar-refractivity contribution is 7.85. The molecule has 1 N–H and O–H groups in total. The summed E-state index contributed by atoms with van der Waals surface area (Å²) in [6, 6.07) is 4.37. The van der Waals surface area contributed by atoms with E-state index < -0.39 is 32.9 Å². The molecule has 3 atom stereocenters. The number of ketones is 1. The van der Waals surface area contributed by atoms with E-state index in [0.717, 1.165) is 56.4 Å². The van der Waals surface area contributed by atoms with Crippen LogP contribution in [0.1, 0.15) is 65.7 Å². The SMILES string of the molecule is O=C(CCC1CC2CCCC(C2)C1=O)Oc1c2c3oc1c(C(=O)Oc1ccc(S(=O)(=O)O)cc1)c3C(=O)O2. The second kappa shape index (κ2) is 8.91. The smallest absolute Gasteiger partial charge is 0.348 e. The Morgan fingerprint density at radius 2 is 1.79 bits per heavy atom. The quantitative estimate of drug-likeness (QED) is 0.261. The summed E-state index contributed by atoms with van der Waals surface area (Å²) >= 11 is 0. The number of carbonyl (C=O) groups excluding carboxylic acids is 4. The summed E-state index contributed by atoms with van der Waals surface area (Å²) in [4.78, 5) is 50.4. The van der Waals surface area contributed by atoms with Gasteiger partial charge in [0.2, 0.25) is 11.5 Å². The van der Waals surface area contributed by atoms with Gasteiger partial charge in [0.25, 0.3) is 10.1 Å². The second-order valence-electron chi connectivity index (χ2n) is 9.97. The van der Waals surface area contributed by atoms with E-state index in [1.807, 2.05) is 0 Å². The Kier molecular flexibility index (Phi) is 5.76. The number of hydrogen-bond donors (Lipinski definition) is 1. The molecule has 0 radical (unpaired) electrons. The molecule has 3 unspecified atom stereocenters. The van der Waals surface area contributed by atoms with Crippen molar-refractivity contribution in [2.24, 2.45) is 17.8 Å². The van der Waals surface area contributed by atoms with Crippen LogP contribution in [-0.4, -0.2) is 36.7 Å². The van der Waals surface area contributed by atoms with Crippen molar-refractivity contribution < 1.29 is 50.8 Å². The summed E-state index contributed by atoms with van der Waals surface area (Å²) in [5.41, 5.74) is -0.680. The second-order valence-corrected chi connectivity index (χ2v) is 11.4. The molecule has 3 aliphatic rings. The maximum absolute atomic E-state index is 12.9. The third kappa shape index (κ3) is 4.13. The molecule has 0 spiro atoms. The molecule has 6 rings (SSSR count). The summed E-state index contributed by atoms with van der Waals surface area (Å²) in [5, 5.41) is 0. The first kappa shape index (κ1) is 24.6. The van der Waals surface area contributed by atoms with Gasteiger partial charge in [-0.3, -0.25) is 14.1 Å². The van der Waals surface area contributed by atoms with Crippen LogP contribution in [0.5, 0.6) is 17.2 Å². The Labute approximate surface area is 216 Å². The van der Waals surface area contributed by atoms with Crippen molar-refractivity contribution in [3.05, 3.63) is 35.4 Å². The van der Waals surface area contributed by atoms with E-state index in [0.29, 0.717) is 12.3 Å². The van der Waals surface area contributed by atoms with Gasteiger partial charge in [0.1, 0.15) is 22.7 Å². The minimum Gasteiger partial charge on any atom is -0.447 e. The third-order valence-corrected chi connectivity index (χ3v) is 8.45. The van der Waals surface area contributed by atoms with Crippen LogP contribution in [0.25, 0.3) is 11.2 Å². The molecule has 2 fully saturated rings.